The molecule has 0 aliphatic rings. The topological polar surface area (TPSA) is 12.9 Å². The van der Waals surface area contributed by atoms with Gasteiger partial charge in [-0.05, 0) is 23.6 Å². The highest BCUT2D eigenvalue weighted by Gasteiger charge is 2.11. The first-order chi connectivity index (χ1) is 13.1. The van der Waals surface area contributed by atoms with Crippen LogP contribution in [-0.4, -0.2) is 4.98 Å². The van der Waals surface area contributed by atoms with Crippen LogP contribution in [0.2, 0.25) is 0 Å². The van der Waals surface area contributed by atoms with Gasteiger partial charge in [-0.25, -0.2) is 0 Å². The zero-order valence-corrected chi connectivity index (χ0v) is 11.4. The third-order valence-corrected chi connectivity index (χ3v) is 3.27. The number of benzene rings is 2. The molecule has 1 heteroatoms. The van der Waals surface area contributed by atoms with Crippen LogP contribution < -0.4 is 0 Å². The molecule has 21 heavy (non-hydrogen) atoms. The van der Waals surface area contributed by atoms with E-state index < -0.39 is 19.6 Å². The minimum absolute atomic E-state index is 0.0491. The summed E-state index contributed by atoms with van der Waals surface area (Å²) in [4.78, 5) is 4.41. The van der Waals surface area contributed by atoms with Gasteiger partial charge in [0.2, 0.25) is 0 Å². The fourth-order valence-electron chi connectivity index (χ4n) is 2.34. The predicted octanol–water partition coefficient (Wildman–Crippen LogP) is 5.37. The zero-order chi connectivity index (χ0) is 20.6. The van der Waals surface area contributed by atoms with Crippen LogP contribution in [0.4, 0.5) is 0 Å². The van der Waals surface area contributed by atoms with E-state index in [-0.39, 0.29) is 5.56 Å². The first-order valence-electron chi connectivity index (χ1n) is 10.2. The van der Waals surface area contributed by atoms with Gasteiger partial charge in [-0.3, -0.25) is 4.98 Å². The van der Waals surface area contributed by atoms with Crippen LogP contribution in [0.1, 0.15) is 28.4 Å². The lowest BCUT2D eigenvalue weighted by Gasteiger charge is -2.12. The van der Waals surface area contributed by atoms with Crippen LogP contribution in [0, 0.1) is 0 Å². The van der Waals surface area contributed by atoms with Crippen molar-refractivity contribution >= 4 is 0 Å². The molecule has 1 heterocycles. The molecule has 0 amide bonds. The van der Waals surface area contributed by atoms with Crippen LogP contribution in [0.3, 0.4) is 0 Å². The molecule has 0 spiro atoms. The molecule has 2 aromatic carbocycles. The van der Waals surface area contributed by atoms with Gasteiger partial charge in [-0.2, -0.15) is 0 Å². The molecule has 1 aromatic heterocycles. The molecule has 3 aromatic rings. The Bertz CT molecular complexity index is 966. The Labute approximate surface area is 136 Å². The van der Waals surface area contributed by atoms with Crippen molar-refractivity contribution in [1.82, 2.24) is 4.98 Å². The first kappa shape index (κ1) is 7.56. The maximum atomic E-state index is 8.39. The molecule has 104 valence electrons. The normalized spacial score (nSPS) is 17.4. The summed E-state index contributed by atoms with van der Waals surface area (Å²) in [6.07, 6.45) is -4.27. The predicted molar refractivity (Wildman–Crippen MR) is 89.1 cm³/mol. The van der Waals surface area contributed by atoms with Gasteiger partial charge in [-0.1, -0.05) is 73.9 Å². The largest absolute Gasteiger partial charge is 0.256 e. The molecule has 0 aliphatic heterocycles. The van der Waals surface area contributed by atoms with Crippen molar-refractivity contribution < 1.29 is 9.60 Å². The third-order valence-electron chi connectivity index (χ3n) is 3.27. The molecular formula is C20H19N. The second-order valence-electron chi connectivity index (χ2n) is 4.56. The van der Waals surface area contributed by atoms with E-state index in [9.17, 15) is 0 Å². The molecular weight excluding hydrogens is 254 g/mol. The standard InChI is InChI=1S/C20H19N/c1-2-9-16-12-6-7-13-18(16)20-19(14-8-15-21-20)17-10-4-3-5-11-17/h3-8,10-15H,2,9H2,1H3/i1D3,2D2,9D2. The van der Waals surface area contributed by atoms with E-state index in [2.05, 4.69) is 4.98 Å². The van der Waals surface area contributed by atoms with Crippen molar-refractivity contribution in [2.75, 3.05) is 0 Å². The van der Waals surface area contributed by atoms with E-state index in [1.54, 1.807) is 30.5 Å². The van der Waals surface area contributed by atoms with E-state index in [0.717, 1.165) is 11.1 Å². The number of nitrogens with zero attached hydrogens (tertiary/aromatic N) is 1. The lowest BCUT2D eigenvalue weighted by molar-refractivity contribution is 0.922. The fourth-order valence-corrected chi connectivity index (χ4v) is 2.34. The number of hydrogen-bond acceptors (Lipinski definition) is 1. The lowest BCUT2D eigenvalue weighted by Crippen LogP contribution is -1.94. The van der Waals surface area contributed by atoms with Crippen LogP contribution in [-0.2, 0) is 6.37 Å². The van der Waals surface area contributed by atoms with Gasteiger partial charge < -0.3 is 0 Å². The van der Waals surface area contributed by atoms with E-state index in [4.69, 9.17) is 9.60 Å². The summed E-state index contributed by atoms with van der Waals surface area (Å²) in [6.45, 7) is -3.13. The summed E-state index contributed by atoms with van der Waals surface area (Å²) in [5, 5.41) is 0. The maximum absolute atomic E-state index is 8.39. The SMILES string of the molecule is [2H]C([2H])([2H])C([2H])([2H])C([2H])([2H])c1ccccc1-c1ncccc1-c1ccccc1. The number of aryl methyl sites for hydroxylation is 1. The van der Waals surface area contributed by atoms with Gasteiger partial charge >= 0.3 is 0 Å². The second-order valence-corrected chi connectivity index (χ2v) is 4.56. The molecule has 0 fully saturated rings. The van der Waals surface area contributed by atoms with Gasteiger partial charge in [-0.15, -0.1) is 0 Å². The Morgan fingerprint density at radius 2 is 1.67 bits per heavy atom. The average Bonchev–Trinajstić information content (AvgIpc) is 2.67. The number of hydrogen-bond donors (Lipinski definition) is 0. The Morgan fingerprint density at radius 3 is 2.52 bits per heavy atom. The third kappa shape index (κ3) is 2.87. The van der Waals surface area contributed by atoms with Gasteiger partial charge in [0.1, 0.15) is 0 Å². The summed E-state index contributed by atoms with van der Waals surface area (Å²) in [6, 6.07) is 19.4. The summed E-state index contributed by atoms with van der Waals surface area (Å²) in [5.41, 5.74) is 2.40. The van der Waals surface area contributed by atoms with E-state index in [0.29, 0.717) is 11.3 Å². The number of pyridine rings is 1. The van der Waals surface area contributed by atoms with Crippen molar-refractivity contribution in [2.24, 2.45) is 0 Å². The summed E-state index contributed by atoms with van der Waals surface area (Å²) in [5.74, 6) is 0. The van der Waals surface area contributed by atoms with E-state index >= 15 is 0 Å². The van der Waals surface area contributed by atoms with Gasteiger partial charge in [0, 0.05) is 26.9 Å². The molecule has 0 aliphatic carbocycles. The van der Waals surface area contributed by atoms with Crippen LogP contribution in [0.5, 0.6) is 0 Å². The molecule has 0 atom stereocenters. The highest BCUT2D eigenvalue weighted by molar-refractivity contribution is 5.81. The Morgan fingerprint density at radius 1 is 0.905 bits per heavy atom. The summed E-state index contributed by atoms with van der Waals surface area (Å²) in [7, 11) is 0. The van der Waals surface area contributed by atoms with Crippen molar-refractivity contribution in [3.63, 3.8) is 0 Å². The van der Waals surface area contributed by atoms with Gasteiger partial charge in [0.05, 0.1) is 5.69 Å². The van der Waals surface area contributed by atoms with Gasteiger partial charge in [0.15, 0.2) is 0 Å². The van der Waals surface area contributed by atoms with Crippen LogP contribution in [0.15, 0.2) is 72.9 Å². The summed E-state index contributed by atoms with van der Waals surface area (Å²) >= 11 is 0. The Balaban J connectivity index is 2.24. The molecule has 0 unspecified atom stereocenters. The minimum atomic E-state index is -3.13. The number of aromatic nitrogens is 1. The minimum Gasteiger partial charge on any atom is -0.256 e. The quantitative estimate of drug-likeness (QED) is 0.626. The van der Waals surface area contributed by atoms with Crippen molar-refractivity contribution in [3.05, 3.63) is 78.5 Å². The van der Waals surface area contributed by atoms with Crippen molar-refractivity contribution in [3.8, 4) is 22.4 Å². The van der Waals surface area contributed by atoms with Crippen molar-refractivity contribution in [2.45, 2.75) is 19.6 Å². The van der Waals surface area contributed by atoms with E-state index in [1.807, 2.05) is 36.4 Å². The van der Waals surface area contributed by atoms with Crippen LogP contribution in [0.25, 0.3) is 22.4 Å². The average molecular weight is 280 g/mol. The maximum Gasteiger partial charge on any atom is 0.0783 e. The monoisotopic (exact) mass is 280 g/mol. The van der Waals surface area contributed by atoms with Crippen LogP contribution >= 0.6 is 0 Å². The van der Waals surface area contributed by atoms with Gasteiger partial charge in [0.25, 0.3) is 0 Å². The van der Waals surface area contributed by atoms with Crippen molar-refractivity contribution in [1.29, 1.82) is 0 Å². The molecule has 0 bridgehead atoms. The lowest BCUT2D eigenvalue weighted by atomic mass is 9.94. The molecule has 1 nitrogen and oxygen atoms in total. The highest BCUT2D eigenvalue weighted by atomic mass is 14.7. The molecule has 0 saturated carbocycles. The second kappa shape index (κ2) is 6.36. The Kier molecular flexibility index (Phi) is 2.29. The molecule has 0 saturated heterocycles. The molecule has 0 N–H and O–H groups in total. The molecule has 3 rings (SSSR count). The highest BCUT2D eigenvalue weighted by Crippen LogP contribution is 2.32. The molecule has 0 radical (unpaired) electrons. The first-order valence-corrected chi connectivity index (χ1v) is 6.68. The summed E-state index contributed by atoms with van der Waals surface area (Å²) < 4.78 is 55.3. The fraction of sp³-hybridized carbons (Fsp3) is 0.150. The van der Waals surface area contributed by atoms with E-state index in [1.165, 1.54) is 6.07 Å². The zero-order valence-electron chi connectivity index (χ0n) is 18.4. The number of rotatable bonds is 4. The Hall–Kier alpha value is -2.41. The smallest absolute Gasteiger partial charge is 0.0783 e.